The number of halogens is 7. The van der Waals surface area contributed by atoms with E-state index in [-0.39, 0.29) is 23.2 Å². The Morgan fingerprint density at radius 2 is 1.71 bits per heavy atom. The van der Waals surface area contributed by atoms with E-state index in [4.69, 9.17) is 11.6 Å². The number of sulfonamides is 1. The van der Waals surface area contributed by atoms with Gasteiger partial charge in [-0.25, -0.2) is 8.42 Å². The molecule has 0 aliphatic carbocycles. The van der Waals surface area contributed by atoms with Crippen LogP contribution >= 0.6 is 11.6 Å². The summed E-state index contributed by atoms with van der Waals surface area (Å²) in [5.41, 5.74) is -1.41. The molecule has 1 atom stereocenters. The molecule has 1 aliphatic rings. The molecule has 0 radical (unpaired) electrons. The fourth-order valence-electron chi connectivity index (χ4n) is 2.54. The van der Waals surface area contributed by atoms with Gasteiger partial charge in [-0.15, -0.1) is 0 Å². The Hall–Kier alpha value is -1.00. The lowest BCUT2D eigenvalue weighted by Gasteiger charge is -2.35. The predicted molar refractivity (Wildman–Crippen MR) is 74.0 cm³/mol. The normalized spacial score (nSPS) is 21.0. The van der Waals surface area contributed by atoms with Crippen LogP contribution in [0, 0.1) is 0 Å². The third kappa shape index (κ3) is 3.80. The maximum Gasteiger partial charge on any atom is 0.417 e. The Kier molecular flexibility index (Phi) is 5.14. The molecule has 0 amide bonds. The van der Waals surface area contributed by atoms with Crippen molar-refractivity contribution in [3.63, 3.8) is 0 Å². The quantitative estimate of drug-likeness (QED) is 0.693. The second-order valence-corrected chi connectivity index (χ2v) is 7.61. The van der Waals surface area contributed by atoms with Crippen LogP contribution < -0.4 is 0 Å². The first-order valence-corrected chi connectivity index (χ1v) is 8.62. The third-order valence-electron chi connectivity index (χ3n) is 3.68. The van der Waals surface area contributed by atoms with Crippen LogP contribution in [0.25, 0.3) is 0 Å². The van der Waals surface area contributed by atoms with Gasteiger partial charge in [0.15, 0.2) is 0 Å². The standard InChI is InChI=1S/C13H12ClF6NO2S/c14-10-5-4-8(7-9(10)12(15,16)17)24(22,23)21-6-2-1-3-11(21)13(18,19)20/h4-5,7,11H,1-3,6H2. The number of nitrogens with zero attached hydrogens (tertiary/aromatic N) is 1. The van der Waals surface area contributed by atoms with E-state index in [0.29, 0.717) is 6.07 Å². The minimum Gasteiger partial charge on any atom is -0.207 e. The van der Waals surface area contributed by atoms with Crippen LogP contribution in [0.5, 0.6) is 0 Å². The lowest BCUT2D eigenvalue weighted by molar-refractivity contribution is -0.177. The summed E-state index contributed by atoms with van der Waals surface area (Å²) in [5, 5.41) is -0.729. The fourth-order valence-corrected chi connectivity index (χ4v) is 4.47. The van der Waals surface area contributed by atoms with Gasteiger partial charge in [-0.2, -0.15) is 30.6 Å². The molecule has 1 aliphatic heterocycles. The number of hydrogen-bond acceptors (Lipinski definition) is 2. The van der Waals surface area contributed by atoms with Gasteiger partial charge in [0, 0.05) is 6.54 Å². The highest BCUT2D eigenvalue weighted by atomic mass is 35.5. The van der Waals surface area contributed by atoms with Gasteiger partial charge >= 0.3 is 12.4 Å². The third-order valence-corrected chi connectivity index (χ3v) is 5.92. The van der Waals surface area contributed by atoms with Gasteiger partial charge in [-0.05, 0) is 31.0 Å². The Morgan fingerprint density at radius 3 is 2.25 bits per heavy atom. The van der Waals surface area contributed by atoms with Crippen LogP contribution in [-0.4, -0.2) is 31.5 Å². The van der Waals surface area contributed by atoms with Crippen LogP contribution in [0.3, 0.4) is 0 Å². The Morgan fingerprint density at radius 1 is 1.08 bits per heavy atom. The summed E-state index contributed by atoms with van der Waals surface area (Å²) < 4.78 is 103. The molecule has 0 bridgehead atoms. The van der Waals surface area contributed by atoms with Crippen molar-refractivity contribution in [1.29, 1.82) is 0 Å². The first kappa shape index (κ1) is 19.3. The number of rotatable bonds is 2. The van der Waals surface area contributed by atoms with Gasteiger partial charge in [0.05, 0.1) is 15.5 Å². The lowest BCUT2D eigenvalue weighted by atomic mass is 10.0. The molecule has 1 aromatic carbocycles. The fraction of sp³-hybridized carbons (Fsp3) is 0.538. The second kappa shape index (κ2) is 6.38. The van der Waals surface area contributed by atoms with Crippen LogP contribution in [0.4, 0.5) is 26.3 Å². The van der Waals surface area contributed by atoms with E-state index in [9.17, 15) is 34.8 Å². The summed E-state index contributed by atoms with van der Waals surface area (Å²) in [4.78, 5) is -0.865. The summed E-state index contributed by atoms with van der Waals surface area (Å²) in [6.07, 6.45) is -9.76. The molecule has 11 heteroatoms. The zero-order valence-corrected chi connectivity index (χ0v) is 13.5. The minimum atomic E-state index is -4.92. The van der Waals surface area contributed by atoms with Gasteiger partial charge in [-0.1, -0.05) is 18.0 Å². The molecule has 24 heavy (non-hydrogen) atoms. The molecule has 0 saturated carbocycles. The molecule has 2 rings (SSSR count). The summed E-state index contributed by atoms with van der Waals surface area (Å²) >= 11 is 5.41. The van der Waals surface area contributed by atoms with Gasteiger partial charge in [-0.3, -0.25) is 0 Å². The topological polar surface area (TPSA) is 37.4 Å². The van der Waals surface area contributed by atoms with Crippen molar-refractivity contribution < 1.29 is 34.8 Å². The first-order chi connectivity index (χ1) is 10.8. The van der Waals surface area contributed by atoms with Crippen LogP contribution in [0.2, 0.25) is 5.02 Å². The van der Waals surface area contributed by atoms with Gasteiger partial charge < -0.3 is 0 Å². The van der Waals surface area contributed by atoms with Crippen molar-refractivity contribution in [2.75, 3.05) is 6.54 Å². The van der Waals surface area contributed by atoms with Crippen molar-refractivity contribution in [1.82, 2.24) is 4.31 Å². The number of alkyl halides is 6. The van der Waals surface area contributed by atoms with Crippen LogP contribution in [0.1, 0.15) is 24.8 Å². The van der Waals surface area contributed by atoms with Crippen molar-refractivity contribution >= 4 is 21.6 Å². The maximum atomic E-state index is 13.1. The molecule has 1 fully saturated rings. The van der Waals surface area contributed by atoms with Crippen molar-refractivity contribution in [2.24, 2.45) is 0 Å². The van der Waals surface area contributed by atoms with E-state index in [0.717, 1.165) is 6.07 Å². The zero-order valence-electron chi connectivity index (χ0n) is 12.0. The highest BCUT2D eigenvalue weighted by Crippen LogP contribution is 2.39. The number of hydrogen-bond donors (Lipinski definition) is 0. The minimum absolute atomic E-state index is 0.185. The highest BCUT2D eigenvalue weighted by Gasteiger charge is 2.49. The molecule has 0 N–H and O–H groups in total. The van der Waals surface area contributed by atoms with E-state index >= 15 is 0 Å². The molecule has 0 spiro atoms. The maximum absolute atomic E-state index is 13.1. The number of benzene rings is 1. The highest BCUT2D eigenvalue weighted by molar-refractivity contribution is 7.89. The lowest BCUT2D eigenvalue weighted by Crippen LogP contribution is -2.51. The Labute approximate surface area is 139 Å². The van der Waals surface area contributed by atoms with Gasteiger partial charge in [0.1, 0.15) is 6.04 Å². The smallest absolute Gasteiger partial charge is 0.207 e. The van der Waals surface area contributed by atoms with Gasteiger partial charge in [0.25, 0.3) is 0 Å². The molecule has 1 unspecified atom stereocenters. The summed E-state index contributed by atoms with van der Waals surface area (Å²) in [5.74, 6) is 0. The van der Waals surface area contributed by atoms with Crippen molar-refractivity contribution in [3.8, 4) is 0 Å². The molecule has 1 aromatic rings. The van der Waals surface area contributed by atoms with E-state index in [2.05, 4.69) is 0 Å². The molecular weight excluding hydrogens is 384 g/mol. The molecule has 3 nitrogen and oxygen atoms in total. The average Bonchev–Trinajstić information content (AvgIpc) is 2.45. The molecule has 136 valence electrons. The predicted octanol–water partition coefficient (Wildman–Crippen LogP) is 4.46. The summed E-state index contributed by atoms with van der Waals surface area (Å²) in [7, 11) is -4.74. The molecule has 0 aromatic heterocycles. The van der Waals surface area contributed by atoms with Crippen LogP contribution in [0.15, 0.2) is 23.1 Å². The van der Waals surface area contributed by atoms with E-state index in [1.165, 1.54) is 0 Å². The van der Waals surface area contributed by atoms with Crippen molar-refractivity contribution in [3.05, 3.63) is 28.8 Å². The molecule has 1 saturated heterocycles. The van der Waals surface area contributed by atoms with Gasteiger partial charge in [0.2, 0.25) is 10.0 Å². The Balaban J connectivity index is 2.50. The second-order valence-electron chi connectivity index (χ2n) is 5.31. The SMILES string of the molecule is O=S(=O)(c1ccc(Cl)c(C(F)(F)F)c1)N1CCCCC1C(F)(F)F. The van der Waals surface area contributed by atoms with Crippen LogP contribution in [-0.2, 0) is 16.2 Å². The van der Waals surface area contributed by atoms with E-state index in [1.54, 1.807) is 0 Å². The zero-order chi connectivity index (χ0) is 18.3. The summed E-state index contributed by atoms with van der Waals surface area (Å²) in [6.45, 7) is -0.406. The summed E-state index contributed by atoms with van der Waals surface area (Å²) in [6, 6.07) is -0.500. The monoisotopic (exact) mass is 395 g/mol. The largest absolute Gasteiger partial charge is 0.417 e. The van der Waals surface area contributed by atoms with E-state index < -0.39 is 56.9 Å². The van der Waals surface area contributed by atoms with Crippen molar-refractivity contribution in [2.45, 2.75) is 42.6 Å². The first-order valence-electron chi connectivity index (χ1n) is 6.80. The molecular formula is C13H12ClF6NO2S. The average molecular weight is 396 g/mol. The Bertz CT molecular complexity index is 716. The number of piperidine rings is 1. The molecule has 1 heterocycles. The van der Waals surface area contributed by atoms with E-state index in [1.807, 2.05) is 0 Å².